The Morgan fingerprint density at radius 2 is 1.86 bits per heavy atom. The normalized spacial score (nSPS) is 10.8. The summed E-state index contributed by atoms with van der Waals surface area (Å²) in [6.07, 6.45) is 1.34. The van der Waals surface area contributed by atoms with Crippen molar-refractivity contribution in [3.63, 3.8) is 0 Å². The van der Waals surface area contributed by atoms with Crippen molar-refractivity contribution in [2.75, 3.05) is 19.0 Å². The van der Waals surface area contributed by atoms with Crippen molar-refractivity contribution >= 4 is 23.3 Å². The summed E-state index contributed by atoms with van der Waals surface area (Å²) < 4.78 is 0. The molecule has 22 heavy (non-hydrogen) atoms. The highest BCUT2D eigenvalue weighted by molar-refractivity contribution is 5.87. The maximum Gasteiger partial charge on any atom is 0.271 e. The Kier molecular flexibility index (Phi) is 4.26. The largest absolute Gasteiger partial charge is 0.507 e. The maximum absolute atomic E-state index is 10.7. The third-order valence-corrected chi connectivity index (χ3v) is 3.04. The smallest absolute Gasteiger partial charge is 0.271 e. The molecule has 0 unspecified atom stereocenters. The summed E-state index contributed by atoms with van der Waals surface area (Å²) in [7, 11) is 3.70. The van der Waals surface area contributed by atoms with E-state index in [2.05, 4.69) is 4.99 Å². The summed E-state index contributed by atoms with van der Waals surface area (Å²) in [5.74, 6) is -0.147. The molecule has 0 aliphatic carbocycles. The van der Waals surface area contributed by atoms with Gasteiger partial charge in [0.15, 0.2) is 0 Å². The number of hydrogen-bond acceptors (Lipinski definition) is 6. The molecule has 7 nitrogen and oxygen atoms in total. The number of anilines is 1. The molecule has 0 spiro atoms. The first kappa shape index (κ1) is 15.3. The van der Waals surface area contributed by atoms with Crippen LogP contribution in [0.5, 0.6) is 11.5 Å². The SMILES string of the molecule is CN(C)c1ccc(C=Nc2cc([N+](=O)[O-])ccc2O)c(O)c1. The molecule has 0 saturated carbocycles. The number of phenolic OH excluding ortho intramolecular Hbond substituents is 2. The van der Waals surface area contributed by atoms with Crippen LogP contribution >= 0.6 is 0 Å². The van der Waals surface area contributed by atoms with Gasteiger partial charge in [-0.15, -0.1) is 0 Å². The number of nitro groups is 1. The maximum atomic E-state index is 10.7. The Bertz CT molecular complexity index is 742. The molecule has 0 aromatic heterocycles. The number of non-ortho nitro benzene ring substituents is 1. The number of phenols is 2. The number of rotatable bonds is 4. The third kappa shape index (κ3) is 3.32. The Labute approximate surface area is 126 Å². The molecule has 0 atom stereocenters. The number of nitrogens with zero attached hydrogens (tertiary/aromatic N) is 3. The first-order valence-corrected chi connectivity index (χ1v) is 6.40. The lowest BCUT2D eigenvalue weighted by Gasteiger charge is -2.13. The van der Waals surface area contributed by atoms with Crippen molar-refractivity contribution in [2.45, 2.75) is 0 Å². The van der Waals surface area contributed by atoms with Gasteiger partial charge >= 0.3 is 0 Å². The van der Waals surface area contributed by atoms with Crippen LogP contribution in [-0.4, -0.2) is 35.4 Å². The average Bonchev–Trinajstić information content (AvgIpc) is 2.47. The number of aromatic hydroxyl groups is 2. The molecule has 114 valence electrons. The van der Waals surface area contributed by atoms with Gasteiger partial charge in [-0.05, 0) is 18.2 Å². The predicted octanol–water partition coefficient (Wildman–Crippen LogP) is 2.82. The van der Waals surface area contributed by atoms with Gasteiger partial charge in [-0.3, -0.25) is 15.1 Å². The summed E-state index contributed by atoms with van der Waals surface area (Å²) in [6, 6.07) is 8.61. The summed E-state index contributed by atoms with van der Waals surface area (Å²) in [5, 5.41) is 30.3. The molecule has 0 fully saturated rings. The lowest BCUT2D eigenvalue weighted by atomic mass is 10.2. The monoisotopic (exact) mass is 301 g/mol. The van der Waals surface area contributed by atoms with E-state index in [1.807, 2.05) is 19.0 Å². The lowest BCUT2D eigenvalue weighted by molar-refractivity contribution is -0.384. The van der Waals surface area contributed by atoms with Crippen LogP contribution in [-0.2, 0) is 0 Å². The van der Waals surface area contributed by atoms with E-state index in [1.165, 1.54) is 18.3 Å². The van der Waals surface area contributed by atoms with E-state index in [4.69, 9.17) is 0 Å². The molecular formula is C15H15N3O4. The molecule has 0 heterocycles. The second-order valence-electron chi connectivity index (χ2n) is 4.83. The Morgan fingerprint density at radius 3 is 2.45 bits per heavy atom. The van der Waals surface area contributed by atoms with Crippen molar-refractivity contribution in [1.29, 1.82) is 0 Å². The van der Waals surface area contributed by atoms with Gasteiger partial charge < -0.3 is 15.1 Å². The highest BCUT2D eigenvalue weighted by Crippen LogP contribution is 2.31. The first-order chi connectivity index (χ1) is 10.4. The lowest BCUT2D eigenvalue weighted by Crippen LogP contribution is -2.08. The van der Waals surface area contributed by atoms with E-state index in [-0.39, 0.29) is 22.9 Å². The standard InChI is InChI=1S/C15H15N3O4/c1-17(2)11-4-3-10(15(20)8-11)9-16-13-7-12(18(21)22)5-6-14(13)19/h3-9,19-20H,1-2H3. The minimum atomic E-state index is -0.568. The molecule has 0 amide bonds. The van der Waals surface area contributed by atoms with Crippen LogP contribution in [0, 0.1) is 10.1 Å². The fraction of sp³-hybridized carbons (Fsp3) is 0.133. The van der Waals surface area contributed by atoms with Crippen LogP contribution in [0.2, 0.25) is 0 Å². The van der Waals surface area contributed by atoms with Crippen LogP contribution < -0.4 is 4.90 Å². The number of benzene rings is 2. The van der Waals surface area contributed by atoms with E-state index >= 15 is 0 Å². The highest BCUT2D eigenvalue weighted by Gasteiger charge is 2.09. The fourth-order valence-electron chi connectivity index (χ4n) is 1.79. The molecular weight excluding hydrogens is 286 g/mol. The van der Waals surface area contributed by atoms with Crippen LogP contribution in [0.4, 0.5) is 17.1 Å². The van der Waals surface area contributed by atoms with E-state index < -0.39 is 4.92 Å². The first-order valence-electron chi connectivity index (χ1n) is 6.40. The van der Waals surface area contributed by atoms with Gasteiger partial charge in [0.2, 0.25) is 0 Å². The molecule has 7 heteroatoms. The molecule has 2 N–H and O–H groups in total. The summed E-state index contributed by atoms with van der Waals surface area (Å²) >= 11 is 0. The minimum Gasteiger partial charge on any atom is -0.507 e. The van der Waals surface area contributed by atoms with Gasteiger partial charge in [0.25, 0.3) is 5.69 Å². The van der Waals surface area contributed by atoms with Gasteiger partial charge in [0, 0.05) is 49.8 Å². The fourth-order valence-corrected chi connectivity index (χ4v) is 1.79. The highest BCUT2D eigenvalue weighted by atomic mass is 16.6. The van der Waals surface area contributed by atoms with E-state index in [0.29, 0.717) is 5.56 Å². The zero-order valence-electron chi connectivity index (χ0n) is 12.1. The van der Waals surface area contributed by atoms with Gasteiger partial charge in [-0.2, -0.15) is 0 Å². The second kappa shape index (κ2) is 6.13. The average molecular weight is 301 g/mol. The van der Waals surface area contributed by atoms with Crippen molar-refractivity contribution in [2.24, 2.45) is 4.99 Å². The van der Waals surface area contributed by atoms with Crippen LogP contribution in [0.3, 0.4) is 0 Å². The number of hydrogen-bond donors (Lipinski definition) is 2. The van der Waals surface area contributed by atoms with Gasteiger partial charge in [0.05, 0.1) is 4.92 Å². The van der Waals surface area contributed by atoms with Gasteiger partial charge in [-0.25, -0.2) is 0 Å². The van der Waals surface area contributed by atoms with Crippen molar-refractivity contribution < 1.29 is 15.1 Å². The Hall–Kier alpha value is -3.09. The quantitative estimate of drug-likeness (QED) is 0.514. The van der Waals surface area contributed by atoms with E-state index in [1.54, 1.807) is 18.2 Å². The van der Waals surface area contributed by atoms with Crippen molar-refractivity contribution in [3.8, 4) is 11.5 Å². The van der Waals surface area contributed by atoms with Gasteiger partial charge in [0.1, 0.15) is 17.2 Å². The molecule has 0 radical (unpaired) electrons. The summed E-state index contributed by atoms with van der Waals surface area (Å²) in [4.78, 5) is 16.0. The third-order valence-electron chi connectivity index (χ3n) is 3.04. The predicted molar refractivity (Wildman–Crippen MR) is 84.4 cm³/mol. The van der Waals surface area contributed by atoms with Gasteiger partial charge in [-0.1, -0.05) is 0 Å². The molecule has 0 aliphatic rings. The summed E-state index contributed by atoms with van der Waals surface area (Å²) in [5.41, 5.74) is 1.16. The molecule has 2 aromatic rings. The topological polar surface area (TPSA) is 99.2 Å². The van der Waals surface area contributed by atoms with E-state index in [0.717, 1.165) is 11.8 Å². The van der Waals surface area contributed by atoms with Crippen molar-refractivity contribution in [1.82, 2.24) is 0 Å². The van der Waals surface area contributed by atoms with Crippen LogP contribution in [0.1, 0.15) is 5.56 Å². The molecule has 2 aromatic carbocycles. The van der Waals surface area contributed by atoms with Crippen LogP contribution in [0.15, 0.2) is 41.4 Å². The number of nitro benzene ring substituents is 1. The zero-order valence-corrected chi connectivity index (χ0v) is 12.1. The van der Waals surface area contributed by atoms with Crippen LogP contribution in [0.25, 0.3) is 0 Å². The molecule has 0 aliphatic heterocycles. The Morgan fingerprint density at radius 1 is 1.14 bits per heavy atom. The zero-order chi connectivity index (χ0) is 16.3. The second-order valence-corrected chi connectivity index (χ2v) is 4.83. The Balaban J connectivity index is 2.32. The summed E-state index contributed by atoms with van der Waals surface area (Å²) in [6.45, 7) is 0. The molecule has 0 bridgehead atoms. The van der Waals surface area contributed by atoms with E-state index in [9.17, 15) is 20.3 Å². The van der Waals surface area contributed by atoms with Crippen molar-refractivity contribution in [3.05, 3.63) is 52.1 Å². The number of aliphatic imine (C=N–C) groups is 1. The minimum absolute atomic E-state index is 0.0277. The molecule has 0 saturated heterocycles. The molecule has 2 rings (SSSR count).